The summed E-state index contributed by atoms with van der Waals surface area (Å²) in [4.78, 5) is 27.5. The topological polar surface area (TPSA) is 86.7 Å². The number of pyridine rings is 1. The molecule has 0 N–H and O–H groups in total. The molecule has 0 aliphatic carbocycles. The Kier molecular flexibility index (Phi) is 6.07. The minimum atomic E-state index is -3.58. The van der Waals surface area contributed by atoms with Crippen LogP contribution in [0.2, 0.25) is 0 Å². The molecule has 10 heteroatoms. The Morgan fingerprint density at radius 2 is 1.76 bits per heavy atom. The molecule has 0 saturated carbocycles. The summed E-state index contributed by atoms with van der Waals surface area (Å²) in [6, 6.07) is 8.76. The van der Waals surface area contributed by atoms with Gasteiger partial charge in [-0.2, -0.15) is 4.31 Å². The molecule has 2 aliphatic heterocycles. The summed E-state index contributed by atoms with van der Waals surface area (Å²) in [6.07, 6.45) is 4.59. The van der Waals surface area contributed by atoms with Crippen molar-refractivity contribution in [1.29, 1.82) is 0 Å². The van der Waals surface area contributed by atoms with Gasteiger partial charge < -0.3 is 9.80 Å². The normalized spacial score (nSPS) is 18.1. The van der Waals surface area contributed by atoms with Crippen molar-refractivity contribution in [3.63, 3.8) is 0 Å². The molecular weight excluding hydrogens is 458 g/mol. The summed E-state index contributed by atoms with van der Waals surface area (Å²) in [5.41, 5.74) is 2.14. The average molecular weight is 486 g/mol. The van der Waals surface area contributed by atoms with Crippen LogP contribution in [0.15, 0.2) is 41.4 Å². The molecule has 0 spiro atoms. The van der Waals surface area contributed by atoms with Crippen molar-refractivity contribution in [2.24, 2.45) is 0 Å². The van der Waals surface area contributed by atoms with Crippen LogP contribution in [0.1, 0.15) is 35.2 Å². The van der Waals surface area contributed by atoms with E-state index >= 15 is 0 Å². The monoisotopic (exact) mass is 485 g/mol. The highest BCUT2D eigenvalue weighted by molar-refractivity contribution is 7.89. The third-order valence-electron chi connectivity index (χ3n) is 6.38. The zero-order chi connectivity index (χ0) is 23.0. The number of rotatable bonds is 4. The zero-order valence-electron chi connectivity index (χ0n) is 18.6. The van der Waals surface area contributed by atoms with Crippen LogP contribution in [0.4, 0.5) is 5.13 Å². The van der Waals surface area contributed by atoms with Crippen LogP contribution in [-0.4, -0.2) is 72.8 Å². The number of fused-ring (bicyclic) bond motifs is 1. The van der Waals surface area contributed by atoms with E-state index in [2.05, 4.69) is 14.9 Å². The molecule has 0 unspecified atom stereocenters. The second-order valence-corrected chi connectivity index (χ2v) is 11.4. The number of carbonyl (C=O) groups excluding carboxylic acids is 1. The van der Waals surface area contributed by atoms with Gasteiger partial charge in [0.25, 0.3) is 5.91 Å². The highest BCUT2D eigenvalue weighted by Gasteiger charge is 2.29. The predicted octanol–water partition coefficient (Wildman–Crippen LogP) is 3.14. The van der Waals surface area contributed by atoms with Gasteiger partial charge in [0.15, 0.2) is 5.13 Å². The van der Waals surface area contributed by atoms with Crippen LogP contribution in [0.25, 0.3) is 10.3 Å². The van der Waals surface area contributed by atoms with Crippen molar-refractivity contribution >= 4 is 42.7 Å². The van der Waals surface area contributed by atoms with Crippen LogP contribution in [0, 0.1) is 6.92 Å². The smallest absolute Gasteiger partial charge is 0.254 e. The lowest BCUT2D eigenvalue weighted by Gasteiger charge is -2.35. The van der Waals surface area contributed by atoms with E-state index in [0.29, 0.717) is 44.8 Å². The number of sulfonamides is 1. The number of aromatic nitrogens is 2. The molecule has 33 heavy (non-hydrogen) atoms. The fourth-order valence-electron chi connectivity index (χ4n) is 4.41. The zero-order valence-corrected chi connectivity index (χ0v) is 20.2. The Labute approximate surface area is 197 Å². The van der Waals surface area contributed by atoms with E-state index in [1.165, 1.54) is 0 Å². The Bertz CT molecular complexity index is 1240. The lowest BCUT2D eigenvalue weighted by Crippen LogP contribution is -2.49. The Morgan fingerprint density at radius 3 is 2.48 bits per heavy atom. The predicted molar refractivity (Wildman–Crippen MR) is 129 cm³/mol. The number of nitrogens with zero attached hydrogens (tertiary/aromatic N) is 5. The van der Waals surface area contributed by atoms with Gasteiger partial charge in [0, 0.05) is 51.0 Å². The molecule has 174 valence electrons. The maximum atomic E-state index is 13.3. The summed E-state index contributed by atoms with van der Waals surface area (Å²) in [5, 5.41) is 0.918. The van der Waals surface area contributed by atoms with Gasteiger partial charge in [-0.05, 0) is 49.6 Å². The van der Waals surface area contributed by atoms with Crippen LogP contribution in [0.5, 0.6) is 0 Å². The first-order chi connectivity index (χ1) is 15.9. The molecule has 0 bridgehead atoms. The molecule has 2 aliphatic rings. The number of hydrogen-bond acceptors (Lipinski definition) is 7. The standard InChI is InChI=1S/C23H27N5O3S2/c1-17-7-8-18(33(30,31)28-10-3-2-4-11-28)16-19(17)22(29)26-12-14-27(15-13-26)23-25-20-6-5-9-24-21(20)32-23/h5-9,16H,2-4,10-15H2,1H3. The fraction of sp³-hybridized carbons (Fsp3) is 0.435. The van der Waals surface area contributed by atoms with Gasteiger partial charge in [0.2, 0.25) is 10.0 Å². The number of piperidine rings is 1. The molecule has 3 aromatic rings. The van der Waals surface area contributed by atoms with E-state index in [4.69, 9.17) is 0 Å². The summed E-state index contributed by atoms with van der Waals surface area (Å²) >= 11 is 1.56. The highest BCUT2D eigenvalue weighted by atomic mass is 32.2. The van der Waals surface area contributed by atoms with Crippen LogP contribution in [0.3, 0.4) is 0 Å². The maximum Gasteiger partial charge on any atom is 0.254 e. The second-order valence-electron chi connectivity index (χ2n) is 8.54. The number of carbonyl (C=O) groups is 1. The molecule has 1 aromatic carbocycles. The summed E-state index contributed by atoms with van der Waals surface area (Å²) < 4.78 is 27.8. The lowest BCUT2D eigenvalue weighted by atomic mass is 10.1. The molecule has 0 atom stereocenters. The molecule has 2 aromatic heterocycles. The van der Waals surface area contributed by atoms with Gasteiger partial charge in [-0.25, -0.2) is 18.4 Å². The van der Waals surface area contributed by atoms with E-state index < -0.39 is 10.0 Å². The maximum absolute atomic E-state index is 13.3. The van der Waals surface area contributed by atoms with Gasteiger partial charge in [-0.3, -0.25) is 4.79 Å². The first-order valence-corrected chi connectivity index (χ1v) is 13.6. The number of hydrogen-bond donors (Lipinski definition) is 0. The summed E-state index contributed by atoms with van der Waals surface area (Å²) in [6.45, 7) is 5.42. The van der Waals surface area contributed by atoms with Crippen molar-refractivity contribution in [2.75, 3.05) is 44.2 Å². The first kappa shape index (κ1) is 22.2. The van der Waals surface area contributed by atoms with E-state index in [0.717, 1.165) is 40.3 Å². The number of aryl methyl sites for hydroxylation is 1. The molecule has 2 saturated heterocycles. The quantitative estimate of drug-likeness (QED) is 0.564. The highest BCUT2D eigenvalue weighted by Crippen LogP contribution is 2.28. The van der Waals surface area contributed by atoms with Gasteiger partial charge in [-0.1, -0.05) is 23.8 Å². The van der Waals surface area contributed by atoms with Crippen LogP contribution >= 0.6 is 11.3 Å². The third kappa shape index (κ3) is 4.34. The number of piperazine rings is 1. The number of amides is 1. The van der Waals surface area contributed by atoms with Gasteiger partial charge in [0.05, 0.1) is 4.90 Å². The second kappa shape index (κ2) is 9.00. The van der Waals surface area contributed by atoms with E-state index in [9.17, 15) is 13.2 Å². The third-order valence-corrected chi connectivity index (χ3v) is 9.32. The van der Waals surface area contributed by atoms with Gasteiger partial charge >= 0.3 is 0 Å². The van der Waals surface area contributed by atoms with Crippen molar-refractivity contribution in [3.8, 4) is 0 Å². The van der Waals surface area contributed by atoms with Crippen molar-refractivity contribution < 1.29 is 13.2 Å². The lowest BCUT2D eigenvalue weighted by molar-refractivity contribution is 0.0745. The minimum absolute atomic E-state index is 0.117. The van der Waals surface area contributed by atoms with Crippen LogP contribution in [-0.2, 0) is 10.0 Å². The average Bonchev–Trinajstić information content (AvgIpc) is 3.29. The molecule has 5 rings (SSSR count). The molecule has 4 heterocycles. The molecule has 0 radical (unpaired) electrons. The van der Waals surface area contributed by atoms with E-state index in [-0.39, 0.29) is 10.8 Å². The van der Waals surface area contributed by atoms with E-state index in [1.807, 2.05) is 24.0 Å². The first-order valence-electron chi connectivity index (χ1n) is 11.3. The SMILES string of the molecule is Cc1ccc(S(=O)(=O)N2CCCCC2)cc1C(=O)N1CCN(c2nc3cccnc3s2)CC1. The number of benzene rings is 1. The van der Waals surface area contributed by atoms with Crippen LogP contribution < -0.4 is 4.90 Å². The Balaban J connectivity index is 1.31. The van der Waals surface area contributed by atoms with Crippen molar-refractivity contribution in [2.45, 2.75) is 31.1 Å². The van der Waals surface area contributed by atoms with Gasteiger partial charge in [0.1, 0.15) is 10.3 Å². The number of thiazole rings is 1. The minimum Gasteiger partial charge on any atom is -0.344 e. The number of anilines is 1. The largest absolute Gasteiger partial charge is 0.344 e. The van der Waals surface area contributed by atoms with Crippen molar-refractivity contribution in [3.05, 3.63) is 47.7 Å². The molecular formula is C23H27N5O3S2. The van der Waals surface area contributed by atoms with E-state index in [1.54, 1.807) is 40.0 Å². The fourth-order valence-corrected chi connectivity index (χ4v) is 6.92. The molecule has 8 nitrogen and oxygen atoms in total. The Morgan fingerprint density at radius 1 is 1.00 bits per heavy atom. The van der Waals surface area contributed by atoms with Gasteiger partial charge in [-0.15, -0.1) is 0 Å². The summed E-state index contributed by atoms with van der Waals surface area (Å²) in [5.74, 6) is -0.117. The summed E-state index contributed by atoms with van der Waals surface area (Å²) in [7, 11) is -3.58. The van der Waals surface area contributed by atoms with Crippen molar-refractivity contribution in [1.82, 2.24) is 19.2 Å². The molecule has 2 fully saturated rings. The molecule has 1 amide bonds. The Hall–Kier alpha value is -2.56.